The van der Waals surface area contributed by atoms with Crippen LogP contribution < -0.4 is 0 Å². The predicted molar refractivity (Wildman–Crippen MR) is 93.3 cm³/mol. The second-order valence-electron chi connectivity index (χ2n) is 5.84. The Kier molecular flexibility index (Phi) is 4.95. The third-order valence-corrected chi connectivity index (χ3v) is 6.31. The SMILES string of the molecule is O=C(O)c1cc(Br)cc(S(=O)(=O)N(Cc2ccccc2)C2CC2)c1F. The van der Waals surface area contributed by atoms with Gasteiger partial charge in [0.25, 0.3) is 0 Å². The Bertz CT molecular complexity index is 914. The van der Waals surface area contributed by atoms with Crippen molar-refractivity contribution >= 4 is 31.9 Å². The molecule has 1 fully saturated rings. The molecule has 1 N–H and O–H groups in total. The summed E-state index contributed by atoms with van der Waals surface area (Å²) in [7, 11) is -4.18. The second-order valence-corrected chi connectivity index (χ2v) is 8.61. The van der Waals surface area contributed by atoms with Crippen molar-refractivity contribution in [3.05, 3.63) is 63.9 Å². The standard InChI is InChI=1S/C17H15BrFNO4S/c18-12-8-14(17(21)22)16(19)15(9-12)25(23,24)20(13-6-7-13)10-11-4-2-1-3-5-11/h1-5,8-9,13H,6-7,10H2,(H,21,22). The number of rotatable bonds is 6. The van der Waals surface area contributed by atoms with E-state index in [-0.39, 0.29) is 17.1 Å². The molecular weight excluding hydrogens is 413 g/mol. The maximum absolute atomic E-state index is 14.6. The Hall–Kier alpha value is -1.77. The first-order chi connectivity index (χ1) is 11.8. The van der Waals surface area contributed by atoms with Crippen LogP contribution in [-0.2, 0) is 16.6 Å². The third kappa shape index (κ3) is 3.75. The van der Waals surface area contributed by atoms with Gasteiger partial charge in [0.15, 0.2) is 5.82 Å². The largest absolute Gasteiger partial charge is 0.478 e. The fourth-order valence-electron chi connectivity index (χ4n) is 2.57. The first-order valence-electron chi connectivity index (χ1n) is 7.59. The molecule has 3 rings (SSSR count). The van der Waals surface area contributed by atoms with Crippen LogP contribution in [0.3, 0.4) is 0 Å². The zero-order chi connectivity index (χ0) is 18.2. The van der Waals surface area contributed by atoms with E-state index in [9.17, 15) is 17.6 Å². The van der Waals surface area contributed by atoms with E-state index in [4.69, 9.17) is 5.11 Å². The van der Waals surface area contributed by atoms with Crippen LogP contribution in [0.2, 0.25) is 0 Å². The van der Waals surface area contributed by atoms with Gasteiger partial charge in [-0.3, -0.25) is 0 Å². The molecule has 0 saturated heterocycles. The molecule has 132 valence electrons. The van der Waals surface area contributed by atoms with Gasteiger partial charge in [0.05, 0.1) is 5.56 Å². The minimum absolute atomic E-state index is 0.113. The molecule has 2 aromatic carbocycles. The fraction of sp³-hybridized carbons (Fsp3) is 0.235. The number of benzene rings is 2. The Morgan fingerprint density at radius 3 is 2.44 bits per heavy atom. The summed E-state index contributed by atoms with van der Waals surface area (Å²) in [6.07, 6.45) is 1.40. The number of nitrogens with zero attached hydrogens (tertiary/aromatic N) is 1. The summed E-state index contributed by atoms with van der Waals surface area (Å²) in [5, 5.41) is 9.11. The van der Waals surface area contributed by atoms with E-state index in [1.807, 2.05) is 6.07 Å². The summed E-state index contributed by atoms with van der Waals surface area (Å²) in [6, 6.07) is 11.0. The van der Waals surface area contributed by atoms with Crippen molar-refractivity contribution in [2.45, 2.75) is 30.3 Å². The number of aromatic carboxylic acids is 1. The first-order valence-corrected chi connectivity index (χ1v) is 9.82. The van der Waals surface area contributed by atoms with Crippen LogP contribution in [0.1, 0.15) is 28.8 Å². The minimum atomic E-state index is -4.18. The van der Waals surface area contributed by atoms with E-state index in [0.717, 1.165) is 17.7 Å². The van der Waals surface area contributed by atoms with Crippen molar-refractivity contribution in [1.29, 1.82) is 0 Å². The van der Waals surface area contributed by atoms with Crippen LogP contribution in [0.15, 0.2) is 51.8 Å². The molecule has 1 aliphatic carbocycles. The molecule has 0 spiro atoms. The van der Waals surface area contributed by atoms with Crippen molar-refractivity contribution < 1.29 is 22.7 Å². The second kappa shape index (κ2) is 6.86. The lowest BCUT2D eigenvalue weighted by molar-refractivity contribution is 0.0691. The number of carboxylic acids is 1. The molecule has 0 atom stereocenters. The molecule has 0 radical (unpaired) electrons. The number of hydrogen-bond donors (Lipinski definition) is 1. The molecule has 0 aliphatic heterocycles. The lowest BCUT2D eigenvalue weighted by Crippen LogP contribution is -2.33. The number of carbonyl (C=O) groups is 1. The van der Waals surface area contributed by atoms with Crippen molar-refractivity contribution in [1.82, 2.24) is 4.31 Å². The van der Waals surface area contributed by atoms with Gasteiger partial charge in [-0.1, -0.05) is 46.3 Å². The van der Waals surface area contributed by atoms with Gasteiger partial charge >= 0.3 is 5.97 Å². The molecule has 8 heteroatoms. The van der Waals surface area contributed by atoms with Gasteiger partial charge in [0.2, 0.25) is 10.0 Å². The summed E-state index contributed by atoms with van der Waals surface area (Å²) in [4.78, 5) is 10.6. The molecule has 0 heterocycles. The predicted octanol–water partition coefficient (Wildman–Crippen LogP) is 3.64. The fourth-order valence-corrected chi connectivity index (χ4v) is 4.97. The smallest absolute Gasteiger partial charge is 0.338 e. The van der Waals surface area contributed by atoms with Gasteiger partial charge in [-0.2, -0.15) is 4.31 Å². The summed E-state index contributed by atoms with van der Waals surface area (Å²) in [5.41, 5.74) is 0.107. The van der Waals surface area contributed by atoms with Gasteiger partial charge < -0.3 is 5.11 Å². The molecular formula is C17H15BrFNO4S. The van der Waals surface area contributed by atoms with Crippen LogP contribution >= 0.6 is 15.9 Å². The van der Waals surface area contributed by atoms with Crippen LogP contribution in [0, 0.1) is 5.82 Å². The van der Waals surface area contributed by atoms with Crippen LogP contribution in [0.25, 0.3) is 0 Å². The topological polar surface area (TPSA) is 74.7 Å². The summed E-state index contributed by atoms with van der Waals surface area (Å²) >= 11 is 3.06. The lowest BCUT2D eigenvalue weighted by atomic mass is 10.2. The Balaban J connectivity index is 2.06. The zero-order valence-corrected chi connectivity index (χ0v) is 15.4. The Morgan fingerprint density at radius 1 is 1.24 bits per heavy atom. The molecule has 2 aromatic rings. The van der Waals surface area contributed by atoms with E-state index in [1.54, 1.807) is 24.3 Å². The molecule has 0 bridgehead atoms. The van der Waals surface area contributed by atoms with E-state index < -0.39 is 32.3 Å². The molecule has 5 nitrogen and oxygen atoms in total. The van der Waals surface area contributed by atoms with Crippen molar-refractivity contribution in [2.75, 3.05) is 0 Å². The minimum Gasteiger partial charge on any atom is -0.478 e. The number of carboxylic acid groups (broad SMARTS) is 1. The van der Waals surface area contributed by atoms with E-state index >= 15 is 0 Å². The van der Waals surface area contributed by atoms with Gasteiger partial charge in [0.1, 0.15) is 4.90 Å². The maximum atomic E-state index is 14.6. The van der Waals surface area contributed by atoms with Crippen LogP contribution in [-0.4, -0.2) is 29.8 Å². The van der Waals surface area contributed by atoms with Crippen LogP contribution in [0.5, 0.6) is 0 Å². The maximum Gasteiger partial charge on any atom is 0.338 e. The summed E-state index contributed by atoms with van der Waals surface area (Å²) in [5.74, 6) is -2.76. The summed E-state index contributed by atoms with van der Waals surface area (Å²) < 4.78 is 42.1. The summed E-state index contributed by atoms with van der Waals surface area (Å²) in [6.45, 7) is 0.113. The number of halogens is 2. The molecule has 0 amide bonds. The highest BCUT2D eigenvalue weighted by atomic mass is 79.9. The normalized spacial score (nSPS) is 14.7. The zero-order valence-electron chi connectivity index (χ0n) is 13.0. The quantitative estimate of drug-likeness (QED) is 0.763. The highest BCUT2D eigenvalue weighted by Gasteiger charge is 2.40. The highest BCUT2D eigenvalue weighted by molar-refractivity contribution is 9.10. The number of hydrogen-bond acceptors (Lipinski definition) is 3. The van der Waals surface area contributed by atoms with E-state index in [1.165, 1.54) is 4.31 Å². The lowest BCUT2D eigenvalue weighted by Gasteiger charge is -2.23. The number of sulfonamides is 1. The molecule has 0 aromatic heterocycles. The Morgan fingerprint density at radius 2 is 1.88 bits per heavy atom. The Labute approximate surface area is 153 Å². The monoisotopic (exact) mass is 427 g/mol. The van der Waals surface area contributed by atoms with Gasteiger partial charge in [-0.25, -0.2) is 17.6 Å². The van der Waals surface area contributed by atoms with Crippen molar-refractivity contribution in [2.24, 2.45) is 0 Å². The van der Waals surface area contributed by atoms with Gasteiger partial charge in [-0.05, 0) is 30.5 Å². The molecule has 1 saturated carbocycles. The molecule has 25 heavy (non-hydrogen) atoms. The third-order valence-electron chi connectivity index (χ3n) is 3.96. The van der Waals surface area contributed by atoms with Crippen molar-refractivity contribution in [3.63, 3.8) is 0 Å². The molecule has 0 unspecified atom stereocenters. The first kappa shape index (κ1) is 18.0. The highest BCUT2D eigenvalue weighted by Crippen LogP contribution is 2.35. The average Bonchev–Trinajstić information content (AvgIpc) is 3.39. The van der Waals surface area contributed by atoms with Crippen LogP contribution in [0.4, 0.5) is 4.39 Å². The van der Waals surface area contributed by atoms with Crippen molar-refractivity contribution in [3.8, 4) is 0 Å². The van der Waals surface area contributed by atoms with Gasteiger partial charge in [-0.15, -0.1) is 0 Å². The average molecular weight is 428 g/mol. The van der Waals surface area contributed by atoms with Gasteiger partial charge in [0, 0.05) is 17.1 Å². The van der Waals surface area contributed by atoms with E-state index in [0.29, 0.717) is 12.8 Å². The molecule has 1 aliphatic rings. The van der Waals surface area contributed by atoms with E-state index in [2.05, 4.69) is 15.9 Å².